The molecule has 5 rings (SSSR count). The number of nitrogens with one attached hydrogen (secondary N) is 1. The lowest BCUT2D eigenvalue weighted by molar-refractivity contribution is 0.0928. The van der Waals surface area contributed by atoms with E-state index in [1.54, 1.807) is 16.0 Å². The van der Waals surface area contributed by atoms with Gasteiger partial charge in [-0.1, -0.05) is 78.9 Å². The first-order valence-electron chi connectivity index (χ1n) is 11.3. The highest BCUT2D eigenvalue weighted by Gasteiger charge is 2.22. The Morgan fingerprint density at radius 1 is 0.912 bits per heavy atom. The second kappa shape index (κ2) is 9.89. The highest BCUT2D eigenvalue weighted by molar-refractivity contribution is 7.13. The minimum absolute atomic E-state index is 0.151. The number of aromatic nitrogens is 2. The predicted octanol–water partition coefficient (Wildman–Crippen LogP) is 6.62. The van der Waals surface area contributed by atoms with Gasteiger partial charge in [0.05, 0.1) is 16.6 Å². The molecule has 2 heterocycles. The van der Waals surface area contributed by atoms with E-state index in [4.69, 9.17) is 5.10 Å². The lowest BCUT2D eigenvalue weighted by Gasteiger charge is -2.20. The second-order valence-corrected chi connectivity index (χ2v) is 9.22. The standard InChI is InChI=1S/C29H25N3OS/c1-21-10-8-15-24(18-21)32-27(20-26(31-32)28-16-9-17-34-28)29(33)30-25(23-13-6-3-7-14-23)19-22-11-4-2-5-12-22/h2-18,20,25H,19H2,1H3,(H,30,33)/t25-/m0/s1. The van der Waals surface area contributed by atoms with Crippen molar-refractivity contribution in [2.75, 3.05) is 0 Å². The Hall–Kier alpha value is -3.96. The fraction of sp³-hybridized carbons (Fsp3) is 0.103. The quantitative estimate of drug-likeness (QED) is 0.295. The Labute approximate surface area is 203 Å². The van der Waals surface area contributed by atoms with E-state index in [0.717, 1.165) is 27.4 Å². The number of carbonyl (C=O) groups excluding carboxylic acids is 1. The number of nitrogens with zero attached hydrogens (tertiary/aromatic N) is 2. The largest absolute Gasteiger partial charge is 0.344 e. The van der Waals surface area contributed by atoms with Crippen molar-refractivity contribution in [1.29, 1.82) is 0 Å². The van der Waals surface area contributed by atoms with Gasteiger partial charge in [0, 0.05) is 0 Å². The van der Waals surface area contributed by atoms with Crippen LogP contribution in [0, 0.1) is 6.92 Å². The molecule has 5 heteroatoms. The highest BCUT2D eigenvalue weighted by atomic mass is 32.1. The number of rotatable bonds is 7. The average Bonchev–Trinajstić information content (AvgIpc) is 3.55. The summed E-state index contributed by atoms with van der Waals surface area (Å²) in [5, 5.41) is 10.1. The summed E-state index contributed by atoms with van der Waals surface area (Å²) in [4.78, 5) is 14.7. The van der Waals surface area contributed by atoms with E-state index in [1.165, 1.54) is 5.56 Å². The molecule has 0 radical (unpaired) electrons. The van der Waals surface area contributed by atoms with Crippen LogP contribution in [-0.2, 0) is 6.42 Å². The molecular formula is C29H25N3OS. The first-order chi connectivity index (χ1) is 16.7. The molecule has 0 saturated heterocycles. The summed E-state index contributed by atoms with van der Waals surface area (Å²) in [5.41, 5.74) is 5.53. The van der Waals surface area contributed by atoms with E-state index in [-0.39, 0.29) is 11.9 Å². The molecular weight excluding hydrogens is 438 g/mol. The summed E-state index contributed by atoms with van der Waals surface area (Å²) in [6.45, 7) is 2.04. The maximum Gasteiger partial charge on any atom is 0.270 e. The van der Waals surface area contributed by atoms with E-state index in [1.807, 2.05) is 91.2 Å². The molecule has 168 valence electrons. The molecule has 0 aliphatic rings. The molecule has 5 aromatic rings. The van der Waals surface area contributed by atoms with Crippen molar-refractivity contribution in [3.05, 3.63) is 131 Å². The van der Waals surface area contributed by atoms with Gasteiger partial charge in [0.15, 0.2) is 0 Å². The van der Waals surface area contributed by atoms with Crippen LogP contribution >= 0.6 is 11.3 Å². The van der Waals surface area contributed by atoms with Gasteiger partial charge in [-0.25, -0.2) is 4.68 Å². The number of carbonyl (C=O) groups is 1. The van der Waals surface area contributed by atoms with Crippen LogP contribution in [0.3, 0.4) is 0 Å². The lowest BCUT2D eigenvalue weighted by Crippen LogP contribution is -2.31. The van der Waals surface area contributed by atoms with Gasteiger partial charge in [-0.05, 0) is 59.7 Å². The number of hydrogen-bond acceptors (Lipinski definition) is 3. The zero-order chi connectivity index (χ0) is 23.3. The number of hydrogen-bond donors (Lipinski definition) is 1. The molecule has 1 atom stereocenters. The van der Waals surface area contributed by atoms with Gasteiger partial charge in [-0.15, -0.1) is 11.3 Å². The Kier molecular flexibility index (Phi) is 6.36. The maximum absolute atomic E-state index is 13.7. The van der Waals surface area contributed by atoms with E-state index >= 15 is 0 Å². The molecule has 0 bridgehead atoms. The zero-order valence-corrected chi connectivity index (χ0v) is 19.7. The van der Waals surface area contributed by atoms with Gasteiger partial charge in [0.2, 0.25) is 0 Å². The zero-order valence-electron chi connectivity index (χ0n) is 18.9. The van der Waals surface area contributed by atoms with E-state index in [9.17, 15) is 4.79 Å². The minimum atomic E-state index is -0.165. The normalized spacial score (nSPS) is 11.8. The van der Waals surface area contributed by atoms with Gasteiger partial charge in [0.25, 0.3) is 5.91 Å². The van der Waals surface area contributed by atoms with Gasteiger partial charge < -0.3 is 5.32 Å². The van der Waals surface area contributed by atoms with Crippen LogP contribution in [0.1, 0.15) is 33.2 Å². The van der Waals surface area contributed by atoms with Crippen LogP contribution in [0.4, 0.5) is 0 Å². The van der Waals surface area contributed by atoms with E-state index < -0.39 is 0 Å². The summed E-state index contributed by atoms with van der Waals surface area (Å²) in [6.07, 6.45) is 0.701. The molecule has 4 nitrogen and oxygen atoms in total. The third-order valence-corrected chi connectivity index (χ3v) is 6.64. The number of aryl methyl sites for hydroxylation is 1. The van der Waals surface area contributed by atoms with Crippen molar-refractivity contribution in [3.63, 3.8) is 0 Å². The Balaban J connectivity index is 1.52. The number of amides is 1. The maximum atomic E-state index is 13.7. The molecule has 0 unspecified atom stereocenters. The average molecular weight is 464 g/mol. The first-order valence-corrected chi connectivity index (χ1v) is 12.2. The predicted molar refractivity (Wildman–Crippen MR) is 138 cm³/mol. The molecule has 0 aliphatic heterocycles. The number of thiophene rings is 1. The van der Waals surface area contributed by atoms with Crippen LogP contribution in [-0.4, -0.2) is 15.7 Å². The Morgan fingerprint density at radius 3 is 2.38 bits per heavy atom. The molecule has 1 N–H and O–H groups in total. The summed E-state index contributed by atoms with van der Waals surface area (Å²) >= 11 is 1.61. The topological polar surface area (TPSA) is 46.9 Å². The van der Waals surface area contributed by atoms with Crippen molar-refractivity contribution < 1.29 is 4.79 Å². The van der Waals surface area contributed by atoms with Crippen LogP contribution in [0.5, 0.6) is 0 Å². The fourth-order valence-electron chi connectivity index (χ4n) is 4.06. The molecule has 34 heavy (non-hydrogen) atoms. The molecule has 0 spiro atoms. The third-order valence-electron chi connectivity index (χ3n) is 5.75. The molecule has 0 aliphatic carbocycles. The summed E-state index contributed by atoms with van der Waals surface area (Å²) in [7, 11) is 0. The van der Waals surface area contributed by atoms with E-state index in [2.05, 4.69) is 29.6 Å². The smallest absolute Gasteiger partial charge is 0.270 e. The minimum Gasteiger partial charge on any atom is -0.344 e. The van der Waals surface area contributed by atoms with Gasteiger partial charge >= 0.3 is 0 Å². The highest BCUT2D eigenvalue weighted by Crippen LogP contribution is 2.27. The summed E-state index contributed by atoms with van der Waals surface area (Å²) in [6, 6.07) is 34.2. The van der Waals surface area contributed by atoms with E-state index in [0.29, 0.717) is 12.1 Å². The Morgan fingerprint density at radius 2 is 1.68 bits per heavy atom. The molecule has 2 aromatic heterocycles. The summed E-state index contributed by atoms with van der Waals surface area (Å²) < 4.78 is 1.75. The van der Waals surface area contributed by atoms with Crippen molar-refractivity contribution in [2.24, 2.45) is 0 Å². The SMILES string of the molecule is Cc1cccc(-n2nc(-c3cccs3)cc2C(=O)N[C@@H](Cc2ccccc2)c2ccccc2)c1. The Bertz CT molecular complexity index is 1380. The molecule has 3 aromatic carbocycles. The van der Waals surface area contributed by atoms with Crippen LogP contribution in [0.2, 0.25) is 0 Å². The first kappa shape index (κ1) is 21.9. The number of benzene rings is 3. The van der Waals surface area contributed by atoms with Crippen LogP contribution < -0.4 is 5.32 Å². The van der Waals surface area contributed by atoms with Crippen molar-refractivity contribution >= 4 is 17.2 Å². The fourth-order valence-corrected chi connectivity index (χ4v) is 4.75. The summed E-state index contributed by atoms with van der Waals surface area (Å²) in [5.74, 6) is -0.151. The molecule has 0 fully saturated rings. The molecule has 0 saturated carbocycles. The van der Waals surface area contributed by atoms with Gasteiger partial charge in [0.1, 0.15) is 11.4 Å². The van der Waals surface area contributed by atoms with Crippen LogP contribution in [0.25, 0.3) is 16.3 Å². The van der Waals surface area contributed by atoms with Crippen molar-refractivity contribution in [3.8, 4) is 16.3 Å². The van der Waals surface area contributed by atoms with Gasteiger partial charge in [-0.2, -0.15) is 5.10 Å². The third kappa shape index (κ3) is 4.85. The van der Waals surface area contributed by atoms with Crippen molar-refractivity contribution in [2.45, 2.75) is 19.4 Å². The molecule has 1 amide bonds. The van der Waals surface area contributed by atoms with Crippen LogP contribution in [0.15, 0.2) is 109 Å². The monoisotopic (exact) mass is 463 g/mol. The lowest BCUT2D eigenvalue weighted by atomic mass is 9.98. The van der Waals surface area contributed by atoms with Gasteiger partial charge in [-0.3, -0.25) is 4.79 Å². The second-order valence-electron chi connectivity index (χ2n) is 8.27. The van der Waals surface area contributed by atoms with Crippen molar-refractivity contribution in [1.82, 2.24) is 15.1 Å².